The molecule has 4 rings (SSSR count). The first-order valence-electron chi connectivity index (χ1n) is 13.1. The number of halogens is 9. The molecule has 0 spiro atoms. The summed E-state index contributed by atoms with van der Waals surface area (Å²) in [5.74, 6) is -0.893. The summed E-state index contributed by atoms with van der Waals surface area (Å²) < 4.78 is 136. The normalized spacial score (nSPS) is 14.8. The van der Waals surface area contributed by atoms with Gasteiger partial charge in [-0.05, 0) is 48.9 Å². The van der Waals surface area contributed by atoms with Crippen molar-refractivity contribution in [2.45, 2.75) is 38.4 Å². The lowest BCUT2D eigenvalue weighted by Crippen LogP contribution is -2.23. The van der Waals surface area contributed by atoms with Crippen molar-refractivity contribution < 1.29 is 49.0 Å². The molecule has 3 aromatic rings. The van der Waals surface area contributed by atoms with Crippen LogP contribution < -0.4 is 4.74 Å². The largest absolute Gasteiger partial charge is 0.429 e. The number of rotatable bonds is 7. The third-order valence-electron chi connectivity index (χ3n) is 6.18. The van der Waals surface area contributed by atoms with Crippen LogP contribution in [-0.4, -0.2) is 12.7 Å². The van der Waals surface area contributed by atoms with Crippen LogP contribution in [0.25, 0.3) is 0 Å². The minimum atomic E-state index is -4.41. The molecule has 1 aliphatic rings. The average Bonchev–Trinajstić information content (AvgIpc) is 2.95. The number of benzene rings is 3. The Hall–Kier alpha value is -4.61. The van der Waals surface area contributed by atoms with Crippen molar-refractivity contribution in [3.8, 4) is 29.4 Å². The lowest BCUT2D eigenvalue weighted by molar-refractivity contribution is -0.187. The maximum absolute atomic E-state index is 14.6. The molecule has 3 aromatic carbocycles. The second-order valence-electron chi connectivity index (χ2n) is 9.47. The Balaban J connectivity index is 1.46. The van der Waals surface area contributed by atoms with E-state index < -0.39 is 69.8 Å². The molecule has 0 N–H and O–H groups in total. The van der Waals surface area contributed by atoms with E-state index in [0.29, 0.717) is 18.7 Å². The van der Waals surface area contributed by atoms with Gasteiger partial charge in [-0.2, -0.15) is 8.78 Å². The Morgan fingerprint density at radius 3 is 2.02 bits per heavy atom. The molecule has 1 unspecified atom stereocenters. The van der Waals surface area contributed by atoms with Crippen molar-refractivity contribution in [3.63, 3.8) is 0 Å². The molecule has 0 amide bonds. The van der Waals surface area contributed by atoms with E-state index in [1.54, 1.807) is 0 Å². The topological polar surface area (TPSA) is 18.5 Å². The summed E-state index contributed by atoms with van der Waals surface area (Å²) in [7, 11) is 0. The summed E-state index contributed by atoms with van der Waals surface area (Å²) in [5, 5.41) is 0. The fourth-order valence-corrected chi connectivity index (χ4v) is 3.92. The lowest BCUT2D eigenvalue weighted by Gasteiger charge is -2.19. The Bertz CT molecular complexity index is 1730. The molecule has 0 radical (unpaired) electrons. The molecule has 1 aliphatic carbocycles. The van der Waals surface area contributed by atoms with Crippen molar-refractivity contribution in [2.75, 3.05) is 6.61 Å². The molecule has 1 atom stereocenters. The van der Waals surface area contributed by atoms with E-state index >= 15 is 0 Å². The highest BCUT2D eigenvalue weighted by Crippen LogP contribution is 2.34. The van der Waals surface area contributed by atoms with E-state index in [2.05, 4.69) is 28.4 Å². The quantitative estimate of drug-likeness (QED) is 0.114. The van der Waals surface area contributed by atoms with E-state index in [1.165, 1.54) is 12.1 Å². The molecule has 0 fully saturated rings. The van der Waals surface area contributed by atoms with Gasteiger partial charge in [-0.25, -0.2) is 30.7 Å². The zero-order valence-corrected chi connectivity index (χ0v) is 22.8. The maximum atomic E-state index is 14.6. The van der Waals surface area contributed by atoms with Crippen molar-refractivity contribution >= 4 is 0 Å². The van der Waals surface area contributed by atoms with Gasteiger partial charge in [0.2, 0.25) is 0 Å². The van der Waals surface area contributed by atoms with Gasteiger partial charge in [0, 0.05) is 36.3 Å². The van der Waals surface area contributed by atoms with Crippen LogP contribution in [0.2, 0.25) is 0 Å². The number of unbranched alkanes of at least 4 members (excludes halogenated alkanes) is 1. The Morgan fingerprint density at radius 2 is 1.41 bits per heavy atom. The van der Waals surface area contributed by atoms with Gasteiger partial charge in [-0.15, -0.1) is 0 Å². The van der Waals surface area contributed by atoms with Crippen LogP contribution in [0.1, 0.15) is 48.4 Å². The van der Waals surface area contributed by atoms with Crippen molar-refractivity contribution in [1.82, 2.24) is 0 Å². The fourth-order valence-electron chi connectivity index (χ4n) is 3.92. The second kappa shape index (κ2) is 13.8. The van der Waals surface area contributed by atoms with E-state index in [-0.39, 0.29) is 35.2 Å². The number of hydrogen-bond acceptors (Lipinski definition) is 2. The summed E-state index contributed by atoms with van der Waals surface area (Å²) in [6, 6.07) is 6.07. The predicted octanol–water partition coefficient (Wildman–Crippen LogP) is 8.93. The second-order valence-corrected chi connectivity index (χ2v) is 9.47. The van der Waals surface area contributed by atoms with Gasteiger partial charge in [-0.1, -0.05) is 37.0 Å². The van der Waals surface area contributed by atoms with Crippen molar-refractivity contribution in [3.05, 3.63) is 123 Å². The van der Waals surface area contributed by atoms with Gasteiger partial charge in [0.25, 0.3) is 0 Å². The smallest absolute Gasteiger partial charge is 0.429 e. The van der Waals surface area contributed by atoms with E-state index in [0.717, 1.165) is 31.1 Å². The minimum absolute atomic E-state index is 0.0843. The summed E-state index contributed by atoms with van der Waals surface area (Å²) in [6.07, 6.45) is -2.56. The van der Waals surface area contributed by atoms with Gasteiger partial charge >= 0.3 is 6.11 Å². The highest BCUT2D eigenvalue weighted by molar-refractivity contribution is 5.52. The van der Waals surface area contributed by atoms with Crippen molar-refractivity contribution in [2.24, 2.45) is 0 Å². The first kappa shape index (κ1) is 32.3. The van der Waals surface area contributed by atoms with Gasteiger partial charge in [0.15, 0.2) is 17.5 Å². The van der Waals surface area contributed by atoms with Crippen LogP contribution in [0.15, 0.2) is 71.8 Å². The van der Waals surface area contributed by atoms with E-state index in [9.17, 15) is 39.5 Å². The molecule has 228 valence electrons. The molecule has 0 heterocycles. The van der Waals surface area contributed by atoms with Gasteiger partial charge in [-0.3, -0.25) is 0 Å². The number of hydrogen-bond donors (Lipinski definition) is 0. The van der Waals surface area contributed by atoms with Crippen LogP contribution in [0, 0.1) is 52.8 Å². The predicted molar refractivity (Wildman–Crippen MR) is 143 cm³/mol. The molecule has 0 aromatic heterocycles. The average molecular weight is 621 g/mol. The van der Waals surface area contributed by atoms with E-state index in [4.69, 9.17) is 4.74 Å². The number of allylic oxidation sites excluding steroid dienone is 2. The summed E-state index contributed by atoms with van der Waals surface area (Å²) >= 11 is 0. The fraction of sp³-hybridized carbons (Fsp3) is 0.212. The van der Waals surface area contributed by atoms with Gasteiger partial charge in [0.05, 0.1) is 17.2 Å². The zero-order chi connectivity index (χ0) is 32.0. The summed E-state index contributed by atoms with van der Waals surface area (Å²) in [4.78, 5) is 0. The minimum Gasteiger partial charge on any atom is -0.429 e. The monoisotopic (exact) mass is 620 g/mol. The van der Waals surface area contributed by atoms with Crippen LogP contribution in [0.5, 0.6) is 5.75 Å². The number of ether oxygens (including phenoxy) is 2. The first-order chi connectivity index (χ1) is 20.9. The van der Waals surface area contributed by atoms with Crippen LogP contribution >= 0.6 is 0 Å². The van der Waals surface area contributed by atoms with E-state index in [1.807, 2.05) is 6.92 Å². The van der Waals surface area contributed by atoms with Crippen molar-refractivity contribution in [1.29, 1.82) is 0 Å². The van der Waals surface area contributed by atoms with Gasteiger partial charge in [0.1, 0.15) is 34.6 Å². The SMILES string of the molecule is CCCCOC1C=C(F)C(C#Cc2ccc(C#Cc3ccc(C(F)(F)Oc4cc(F)c(F)c(F)c4)c(F)c3)c(F)c2)=C(F)C1. The van der Waals surface area contributed by atoms with Crippen LogP contribution in [0.3, 0.4) is 0 Å². The zero-order valence-electron chi connectivity index (χ0n) is 22.8. The Morgan fingerprint density at radius 1 is 0.773 bits per heavy atom. The van der Waals surface area contributed by atoms with Crippen LogP contribution in [-0.2, 0) is 10.8 Å². The molecule has 0 aliphatic heterocycles. The molecule has 0 saturated carbocycles. The van der Waals surface area contributed by atoms with Gasteiger partial charge < -0.3 is 9.47 Å². The molecule has 2 nitrogen and oxygen atoms in total. The molecular weight excluding hydrogens is 599 g/mol. The lowest BCUT2D eigenvalue weighted by atomic mass is 10.0. The number of alkyl halides is 2. The highest BCUT2D eigenvalue weighted by Gasteiger charge is 2.38. The Labute approximate surface area is 246 Å². The summed E-state index contributed by atoms with van der Waals surface area (Å²) in [6.45, 7) is 2.32. The molecular formula is C33H21F9O2. The van der Waals surface area contributed by atoms with Crippen LogP contribution in [0.4, 0.5) is 39.5 Å². The maximum Gasteiger partial charge on any atom is 0.429 e. The highest BCUT2D eigenvalue weighted by atomic mass is 19.3. The molecule has 44 heavy (non-hydrogen) atoms. The first-order valence-corrected chi connectivity index (χ1v) is 13.1. The Kier molecular flexibility index (Phi) is 10.1. The standard InChI is InChI=1S/C33H21F9O2/c1-2-3-12-43-22-15-27(35)24(28(36)16-22)10-6-19-4-8-21(26(34)13-19)9-5-20-7-11-25(29(37)14-20)33(41,42)44-23-17-30(38)32(40)31(39)18-23/h4,7-8,11,13-15,17-18,22H,2-3,12,16H2,1H3. The third kappa shape index (κ3) is 7.86. The molecule has 0 saturated heterocycles. The summed E-state index contributed by atoms with van der Waals surface area (Å²) in [5.41, 5.74) is -1.99. The third-order valence-corrected chi connectivity index (χ3v) is 6.18. The molecule has 0 bridgehead atoms. The molecule has 11 heteroatoms.